The smallest absolute Gasteiger partial charge is 0.261 e. The lowest BCUT2D eigenvalue weighted by Crippen LogP contribution is -2.14. The highest BCUT2D eigenvalue weighted by Gasteiger charge is 2.17. The van der Waals surface area contributed by atoms with Gasteiger partial charge < -0.3 is 0 Å². The molecule has 0 spiro atoms. The third-order valence-electron chi connectivity index (χ3n) is 2.79. The van der Waals surface area contributed by atoms with Gasteiger partial charge in [-0.3, -0.25) is 4.72 Å². The number of anilines is 1. The van der Waals surface area contributed by atoms with Crippen LogP contribution in [0.25, 0.3) is 0 Å². The molecule has 7 heteroatoms. The average molecular weight is 430 g/mol. The van der Waals surface area contributed by atoms with Gasteiger partial charge in [-0.1, -0.05) is 31.9 Å². The van der Waals surface area contributed by atoms with Crippen LogP contribution < -0.4 is 4.72 Å². The number of nitriles is 1. The highest BCUT2D eigenvalue weighted by Crippen LogP contribution is 2.25. The Morgan fingerprint density at radius 3 is 2.48 bits per heavy atom. The second kappa shape index (κ2) is 6.18. The summed E-state index contributed by atoms with van der Waals surface area (Å²) in [6.07, 6.45) is 0. The van der Waals surface area contributed by atoms with Gasteiger partial charge in [0.2, 0.25) is 0 Å². The maximum absolute atomic E-state index is 12.4. The van der Waals surface area contributed by atoms with Crippen molar-refractivity contribution < 1.29 is 8.42 Å². The number of aryl methyl sites for hydroxylation is 1. The van der Waals surface area contributed by atoms with Crippen LogP contribution in [0, 0.1) is 18.3 Å². The number of rotatable bonds is 3. The van der Waals surface area contributed by atoms with Gasteiger partial charge in [0, 0.05) is 8.95 Å². The van der Waals surface area contributed by atoms with E-state index in [2.05, 4.69) is 36.6 Å². The van der Waals surface area contributed by atoms with Crippen LogP contribution in [-0.2, 0) is 10.0 Å². The van der Waals surface area contributed by atoms with E-state index in [4.69, 9.17) is 5.26 Å². The molecule has 21 heavy (non-hydrogen) atoms. The molecular formula is C14H10Br2N2O2S. The highest BCUT2D eigenvalue weighted by atomic mass is 79.9. The number of hydrogen-bond acceptors (Lipinski definition) is 3. The first-order chi connectivity index (χ1) is 9.83. The van der Waals surface area contributed by atoms with Gasteiger partial charge >= 0.3 is 0 Å². The molecular weight excluding hydrogens is 420 g/mol. The number of halogens is 2. The third kappa shape index (κ3) is 3.64. The molecule has 2 aromatic carbocycles. The summed E-state index contributed by atoms with van der Waals surface area (Å²) in [7, 11) is -3.74. The molecule has 0 unspecified atom stereocenters. The monoisotopic (exact) mass is 428 g/mol. The van der Waals surface area contributed by atoms with Crippen LogP contribution in [0.1, 0.15) is 11.1 Å². The zero-order chi connectivity index (χ0) is 15.6. The topological polar surface area (TPSA) is 70.0 Å². The van der Waals surface area contributed by atoms with E-state index in [0.29, 0.717) is 4.47 Å². The van der Waals surface area contributed by atoms with Crippen molar-refractivity contribution in [2.24, 2.45) is 0 Å². The van der Waals surface area contributed by atoms with Crippen molar-refractivity contribution in [1.82, 2.24) is 0 Å². The highest BCUT2D eigenvalue weighted by molar-refractivity contribution is 9.10. The Hall–Kier alpha value is -1.36. The minimum atomic E-state index is -3.74. The Morgan fingerprint density at radius 1 is 1.14 bits per heavy atom. The molecule has 2 rings (SSSR count). The molecule has 1 N–H and O–H groups in total. The fraction of sp³-hybridized carbons (Fsp3) is 0.0714. The summed E-state index contributed by atoms with van der Waals surface area (Å²) in [6, 6.07) is 11.5. The second-order valence-corrected chi connectivity index (χ2v) is 7.77. The number of nitrogens with zero attached hydrogens (tertiary/aromatic N) is 1. The van der Waals surface area contributed by atoms with Crippen LogP contribution >= 0.6 is 31.9 Å². The lowest BCUT2D eigenvalue weighted by atomic mass is 10.2. The SMILES string of the molecule is Cc1cc(S(=O)(=O)Nc2ccc(Br)cc2C#N)ccc1Br. The Balaban J connectivity index is 2.42. The molecule has 0 radical (unpaired) electrons. The number of nitrogens with one attached hydrogen (secondary N) is 1. The van der Waals surface area contributed by atoms with Crippen LogP contribution in [0.3, 0.4) is 0 Å². The maximum atomic E-state index is 12.4. The van der Waals surface area contributed by atoms with E-state index in [1.807, 2.05) is 13.0 Å². The molecule has 0 bridgehead atoms. The maximum Gasteiger partial charge on any atom is 0.261 e. The first kappa shape index (κ1) is 16.0. The van der Waals surface area contributed by atoms with E-state index in [9.17, 15) is 8.42 Å². The summed E-state index contributed by atoms with van der Waals surface area (Å²) in [6.45, 7) is 1.81. The molecule has 0 aliphatic heterocycles. The van der Waals surface area contributed by atoms with Gasteiger partial charge in [-0.25, -0.2) is 8.42 Å². The van der Waals surface area contributed by atoms with E-state index in [1.54, 1.807) is 30.3 Å². The molecule has 0 atom stereocenters. The Bertz CT molecular complexity index is 843. The van der Waals surface area contributed by atoms with Gasteiger partial charge in [0.15, 0.2) is 0 Å². The second-order valence-electron chi connectivity index (χ2n) is 4.32. The van der Waals surface area contributed by atoms with Gasteiger partial charge in [-0.15, -0.1) is 0 Å². The fourth-order valence-corrected chi connectivity index (χ4v) is 3.46. The van der Waals surface area contributed by atoms with Crippen molar-refractivity contribution in [3.63, 3.8) is 0 Å². The fourth-order valence-electron chi connectivity index (χ4n) is 1.69. The van der Waals surface area contributed by atoms with Gasteiger partial charge in [0.05, 0.1) is 16.1 Å². The van der Waals surface area contributed by atoms with Crippen molar-refractivity contribution in [2.45, 2.75) is 11.8 Å². The van der Waals surface area contributed by atoms with Crippen molar-refractivity contribution in [2.75, 3.05) is 4.72 Å². The predicted molar refractivity (Wildman–Crippen MR) is 88.5 cm³/mol. The number of benzene rings is 2. The normalized spacial score (nSPS) is 11.0. The van der Waals surface area contributed by atoms with Crippen molar-refractivity contribution in [3.8, 4) is 6.07 Å². The molecule has 0 saturated heterocycles. The van der Waals surface area contributed by atoms with Crippen LogP contribution in [0.4, 0.5) is 5.69 Å². The minimum absolute atomic E-state index is 0.148. The standard InChI is InChI=1S/C14H10Br2N2O2S/c1-9-6-12(3-4-13(9)16)21(19,20)18-14-5-2-11(15)7-10(14)8-17/h2-7,18H,1H3. The molecule has 0 amide bonds. The lowest BCUT2D eigenvalue weighted by Gasteiger charge is -2.10. The molecule has 2 aromatic rings. The molecule has 0 heterocycles. The molecule has 0 aliphatic carbocycles. The van der Waals surface area contributed by atoms with Crippen molar-refractivity contribution in [1.29, 1.82) is 5.26 Å². The zero-order valence-electron chi connectivity index (χ0n) is 10.9. The van der Waals surface area contributed by atoms with Gasteiger partial charge in [0.1, 0.15) is 6.07 Å². The first-order valence-electron chi connectivity index (χ1n) is 5.82. The van der Waals surface area contributed by atoms with Crippen LogP contribution in [0.15, 0.2) is 50.2 Å². The molecule has 0 saturated carbocycles. The quantitative estimate of drug-likeness (QED) is 0.794. The van der Waals surface area contributed by atoms with Gasteiger partial charge in [-0.05, 0) is 48.9 Å². The molecule has 4 nitrogen and oxygen atoms in total. The Morgan fingerprint density at radius 2 is 1.86 bits per heavy atom. The van der Waals surface area contributed by atoms with Crippen molar-refractivity contribution in [3.05, 3.63) is 56.5 Å². The van der Waals surface area contributed by atoms with E-state index in [-0.39, 0.29) is 16.1 Å². The number of hydrogen-bond donors (Lipinski definition) is 1. The summed E-state index contributed by atoms with van der Waals surface area (Å²) in [5, 5.41) is 9.08. The molecule has 108 valence electrons. The van der Waals surface area contributed by atoms with Crippen LogP contribution in [0.2, 0.25) is 0 Å². The Kier molecular flexibility index (Phi) is 4.71. The third-order valence-corrected chi connectivity index (χ3v) is 5.53. The predicted octanol–water partition coefficient (Wildman–Crippen LogP) is 4.19. The largest absolute Gasteiger partial charge is 0.278 e. The van der Waals surface area contributed by atoms with E-state index in [0.717, 1.165) is 10.0 Å². The lowest BCUT2D eigenvalue weighted by molar-refractivity contribution is 0.601. The van der Waals surface area contributed by atoms with E-state index >= 15 is 0 Å². The average Bonchev–Trinajstić information content (AvgIpc) is 2.43. The summed E-state index contributed by atoms with van der Waals surface area (Å²) in [5.41, 5.74) is 1.32. The van der Waals surface area contributed by atoms with E-state index in [1.165, 1.54) is 6.07 Å². The Labute approximate surface area is 140 Å². The van der Waals surface area contributed by atoms with E-state index < -0.39 is 10.0 Å². The molecule has 0 aromatic heterocycles. The van der Waals surface area contributed by atoms with Gasteiger partial charge in [-0.2, -0.15) is 5.26 Å². The van der Waals surface area contributed by atoms with Crippen LogP contribution in [0.5, 0.6) is 0 Å². The zero-order valence-corrected chi connectivity index (χ0v) is 14.9. The van der Waals surface area contributed by atoms with Gasteiger partial charge in [0.25, 0.3) is 10.0 Å². The minimum Gasteiger partial charge on any atom is -0.278 e. The summed E-state index contributed by atoms with van der Waals surface area (Å²) >= 11 is 6.58. The van der Waals surface area contributed by atoms with Crippen molar-refractivity contribution >= 4 is 47.6 Å². The summed E-state index contributed by atoms with van der Waals surface area (Å²) in [4.78, 5) is 0.148. The summed E-state index contributed by atoms with van der Waals surface area (Å²) in [5.74, 6) is 0. The number of sulfonamides is 1. The first-order valence-corrected chi connectivity index (χ1v) is 8.89. The molecule has 0 fully saturated rings. The summed E-state index contributed by atoms with van der Waals surface area (Å²) < 4.78 is 28.7. The molecule has 0 aliphatic rings. The van der Waals surface area contributed by atoms with Crippen LogP contribution in [-0.4, -0.2) is 8.42 Å².